The first-order valence-electron chi connectivity index (χ1n) is 11.3. The summed E-state index contributed by atoms with van der Waals surface area (Å²) in [6.45, 7) is 9.00. The molecule has 5 heteroatoms. The van der Waals surface area contributed by atoms with Crippen molar-refractivity contribution in [3.63, 3.8) is 0 Å². The van der Waals surface area contributed by atoms with Gasteiger partial charge in [-0.05, 0) is 80.3 Å². The molecular weight excluding hydrogens is 380 g/mol. The normalized spacial score (nSPS) is 42.1. The zero-order valence-corrected chi connectivity index (χ0v) is 18.9. The molecule has 5 nitrogen and oxygen atoms in total. The van der Waals surface area contributed by atoms with Crippen LogP contribution in [-0.4, -0.2) is 23.3 Å². The Bertz CT molecular complexity index is 854. The van der Waals surface area contributed by atoms with E-state index >= 15 is 0 Å². The van der Waals surface area contributed by atoms with Crippen molar-refractivity contribution in [3.05, 3.63) is 23.5 Å². The highest BCUT2D eigenvalue weighted by molar-refractivity contribution is 5.89. The van der Waals surface area contributed by atoms with Crippen molar-refractivity contribution in [2.75, 3.05) is 0 Å². The molecule has 0 heterocycles. The van der Waals surface area contributed by atoms with Crippen molar-refractivity contribution in [2.24, 2.45) is 28.6 Å². The van der Waals surface area contributed by atoms with E-state index in [0.717, 1.165) is 44.3 Å². The fraction of sp³-hybridized carbons (Fsp3) is 0.720. The fourth-order valence-corrected chi connectivity index (χ4v) is 7.63. The standard InChI is InChI=1S/C25H34O5/c1-15(26)25(30-17(3)28)13-10-22-20-7-6-18-14-19(29-16(2)27)8-11-23(18,4)21(20)9-12-24(22,25)5/h6,14,20-22H,7-13H2,1-5H3. The van der Waals surface area contributed by atoms with Crippen LogP contribution >= 0.6 is 0 Å². The van der Waals surface area contributed by atoms with E-state index in [-0.39, 0.29) is 28.6 Å². The van der Waals surface area contributed by atoms with E-state index < -0.39 is 5.60 Å². The molecule has 4 aliphatic carbocycles. The third kappa shape index (κ3) is 2.91. The smallest absolute Gasteiger partial charge is 0.307 e. The van der Waals surface area contributed by atoms with Crippen LogP contribution in [0, 0.1) is 28.6 Å². The number of Topliss-reactive ketones (excluding diaryl/α,β-unsaturated/α-hetero) is 1. The molecule has 4 rings (SSSR count). The first kappa shape index (κ1) is 21.3. The molecule has 2 saturated carbocycles. The van der Waals surface area contributed by atoms with Gasteiger partial charge in [-0.15, -0.1) is 0 Å². The largest absolute Gasteiger partial charge is 0.451 e. The highest BCUT2D eigenvalue weighted by atomic mass is 16.6. The number of carbonyl (C=O) groups excluding carboxylic acids is 3. The lowest BCUT2D eigenvalue weighted by molar-refractivity contribution is -0.186. The second-order valence-corrected chi connectivity index (χ2v) is 10.4. The Morgan fingerprint density at radius 2 is 1.67 bits per heavy atom. The maximum atomic E-state index is 12.8. The first-order valence-corrected chi connectivity index (χ1v) is 11.3. The van der Waals surface area contributed by atoms with Gasteiger partial charge >= 0.3 is 11.9 Å². The SMILES string of the molecule is CC(=O)OC1=CC2=CCC3C(CCC4(C)C3CCC4(OC(C)=O)C(C)=O)C2(C)CC1. The van der Waals surface area contributed by atoms with Crippen LogP contribution in [-0.2, 0) is 23.9 Å². The molecule has 0 N–H and O–H groups in total. The maximum absolute atomic E-state index is 12.8. The molecule has 30 heavy (non-hydrogen) atoms. The number of ketones is 1. The van der Waals surface area contributed by atoms with Crippen LogP contribution in [0.25, 0.3) is 0 Å². The minimum absolute atomic E-state index is 0.00831. The molecule has 6 atom stereocenters. The molecular formula is C25H34O5. The second-order valence-electron chi connectivity index (χ2n) is 10.4. The van der Waals surface area contributed by atoms with Crippen LogP contribution in [0.2, 0.25) is 0 Å². The van der Waals surface area contributed by atoms with E-state index in [2.05, 4.69) is 26.0 Å². The summed E-state index contributed by atoms with van der Waals surface area (Å²) in [5.41, 5.74) is 0.0806. The summed E-state index contributed by atoms with van der Waals surface area (Å²) in [7, 11) is 0. The minimum Gasteiger partial charge on any atom is -0.451 e. The summed E-state index contributed by atoms with van der Waals surface area (Å²) < 4.78 is 11.2. The lowest BCUT2D eigenvalue weighted by Gasteiger charge is -2.58. The highest BCUT2D eigenvalue weighted by Gasteiger charge is 2.67. The van der Waals surface area contributed by atoms with Gasteiger partial charge in [0.15, 0.2) is 11.4 Å². The van der Waals surface area contributed by atoms with E-state index in [1.165, 1.54) is 19.4 Å². The average molecular weight is 415 g/mol. The molecule has 0 radical (unpaired) electrons. The van der Waals surface area contributed by atoms with Crippen molar-refractivity contribution in [2.45, 2.75) is 85.2 Å². The number of fused-ring (bicyclic) bond motifs is 5. The quantitative estimate of drug-likeness (QED) is 0.615. The number of hydrogen-bond donors (Lipinski definition) is 0. The van der Waals surface area contributed by atoms with Crippen LogP contribution in [0.15, 0.2) is 23.5 Å². The minimum atomic E-state index is -0.978. The summed E-state index contributed by atoms with van der Waals surface area (Å²) in [6.07, 6.45) is 10.6. The molecule has 0 aromatic heterocycles. The van der Waals surface area contributed by atoms with Gasteiger partial charge in [-0.2, -0.15) is 0 Å². The number of allylic oxidation sites excluding steroid dienone is 4. The second kappa shape index (κ2) is 7.06. The Hall–Kier alpha value is -1.91. The molecule has 0 amide bonds. The van der Waals surface area contributed by atoms with Gasteiger partial charge in [-0.1, -0.05) is 19.9 Å². The maximum Gasteiger partial charge on any atom is 0.307 e. The average Bonchev–Trinajstić information content (AvgIpc) is 2.94. The third-order valence-electron chi connectivity index (χ3n) is 9.01. The van der Waals surface area contributed by atoms with Gasteiger partial charge in [0, 0.05) is 25.7 Å². The van der Waals surface area contributed by atoms with Crippen molar-refractivity contribution >= 4 is 17.7 Å². The molecule has 2 fully saturated rings. The van der Waals surface area contributed by atoms with Crippen LogP contribution in [0.3, 0.4) is 0 Å². The monoisotopic (exact) mass is 414 g/mol. The number of hydrogen-bond acceptors (Lipinski definition) is 5. The van der Waals surface area contributed by atoms with E-state index in [1.54, 1.807) is 6.92 Å². The summed E-state index contributed by atoms with van der Waals surface area (Å²) in [4.78, 5) is 36.1. The molecule has 0 aromatic carbocycles. The van der Waals surface area contributed by atoms with Crippen molar-refractivity contribution in [1.82, 2.24) is 0 Å². The van der Waals surface area contributed by atoms with Gasteiger partial charge in [0.25, 0.3) is 0 Å². The number of esters is 2. The molecule has 4 aliphatic rings. The Morgan fingerprint density at radius 3 is 2.30 bits per heavy atom. The molecule has 0 saturated heterocycles. The molecule has 6 unspecified atom stereocenters. The predicted octanol–water partition coefficient (Wildman–Crippen LogP) is 4.90. The van der Waals surface area contributed by atoms with Crippen LogP contribution in [0.1, 0.15) is 79.6 Å². The van der Waals surface area contributed by atoms with Crippen molar-refractivity contribution < 1.29 is 23.9 Å². The fourth-order valence-electron chi connectivity index (χ4n) is 7.63. The molecule has 0 spiro atoms. The van der Waals surface area contributed by atoms with Gasteiger partial charge in [-0.25, -0.2) is 0 Å². The van der Waals surface area contributed by atoms with E-state index in [1.807, 2.05) is 0 Å². The third-order valence-corrected chi connectivity index (χ3v) is 9.01. The molecule has 164 valence electrons. The summed E-state index contributed by atoms with van der Waals surface area (Å²) in [5, 5.41) is 0. The Labute approximate surface area is 179 Å². The van der Waals surface area contributed by atoms with Crippen LogP contribution < -0.4 is 0 Å². The van der Waals surface area contributed by atoms with E-state index in [9.17, 15) is 14.4 Å². The van der Waals surface area contributed by atoms with Gasteiger partial charge in [0.1, 0.15) is 5.76 Å². The predicted molar refractivity (Wildman–Crippen MR) is 112 cm³/mol. The van der Waals surface area contributed by atoms with E-state index in [4.69, 9.17) is 9.47 Å². The first-order chi connectivity index (χ1) is 14.0. The zero-order valence-electron chi connectivity index (χ0n) is 18.9. The Kier molecular flexibility index (Phi) is 5.02. The van der Waals surface area contributed by atoms with Gasteiger partial charge in [0.05, 0.1) is 0 Å². The Morgan fingerprint density at radius 1 is 0.967 bits per heavy atom. The lowest BCUT2D eigenvalue weighted by atomic mass is 9.47. The summed E-state index contributed by atoms with van der Waals surface area (Å²) in [6, 6.07) is 0. The van der Waals surface area contributed by atoms with Gasteiger partial charge < -0.3 is 9.47 Å². The molecule has 0 bridgehead atoms. The van der Waals surface area contributed by atoms with Crippen molar-refractivity contribution in [3.8, 4) is 0 Å². The lowest BCUT2D eigenvalue weighted by Crippen LogP contribution is -2.58. The van der Waals surface area contributed by atoms with E-state index in [0.29, 0.717) is 24.2 Å². The van der Waals surface area contributed by atoms with Crippen molar-refractivity contribution in [1.29, 1.82) is 0 Å². The summed E-state index contributed by atoms with van der Waals surface area (Å²) in [5.74, 6) is 1.53. The summed E-state index contributed by atoms with van der Waals surface area (Å²) >= 11 is 0. The van der Waals surface area contributed by atoms with Gasteiger partial charge in [-0.3, -0.25) is 14.4 Å². The number of ether oxygens (including phenoxy) is 2. The number of carbonyl (C=O) groups is 3. The zero-order chi connectivity index (χ0) is 21.9. The van der Waals surface area contributed by atoms with Crippen LogP contribution in [0.5, 0.6) is 0 Å². The molecule has 0 aliphatic heterocycles. The Balaban J connectivity index is 1.67. The topological polar surface area (TPSA) is 69.7 Å². The molecule has 0 aromatic rings. The van der Waals surface area contributed by atoms with Crippen LogP contribution in [0.4, 0.5) is 0 Å². The van der Waals surface area contributed by atoms with Gasteiger partial charge in [0.2, 0.25) is 0 Å². The number of rotatable bonds is 3. The highest BCUT2D eigenvalue weighted by Crippen LogP contribution is 2.67.